The topological polar surface area (TPSA) is 445 Å². The Morgan fingerprint density at radius 2 is 1.11 bits per heavy atom. The van der Waals surface area contributed by atoms with E-state index in [9.17, 15) is 87.5 Å². The average Bonchev–Trinajstić information content (AvgIpc) is 3.49. The minimum atomic E-state index is -1.55. The lowest BCUT2D eigenvalue weighted by Crippen LogP contribution is -2.46. The van der Waals surface area contributed by atoms with Gasteiger partial charge in [0.1, 0.15) is 18.4 Å². The summed E-state index contributed by atoms with van der Waals surface area (Å²) in [6.07, 6.45) is -1.93. The summed E-state index contributed by atoms with van der Waals surface area (Å²) in [5.41, 5.74) is 6.99. The Bertz CT molecular complexity index is 2370. The van der Waals surface area contributed by atoms with Gasteiger partial charge in [-0.1, -0.05) is 17.7 Å². The lowest BCUT2D eigenvalue weighted by Gasteiger charge is -2.28. The van der Waals surface area contributed by atoms with Crippen molar-refractivity contribution in [2.45, 2.75) is 166 Å². The van der Waals surface area contributed by atoms with Crippen molar-refractivity contribution in [2.75, 3.05) is 39.5 Å². The monoisotopic (exact) mass is 1170 g/mol. The van der Waals surface area contributed by atoms with E-state index in [2.05, 4.69) is 26.6 Å². The fourth-order valence-electron chi connectivity index (χ4n) is 9.10. The van der Waals surface area contributed by atoms with Crippen LogP contribution in [0.15, 0.2) is 24.3 Å². The molecule has 27 nitrogen and oxygen atoms in total. The second-order valence-electron chi connectivity index (χ2n) is 20.7. The number of carboxylic acids is 5. The second kappa shape index (κ2) is 39.7. The highest BCUT2D eigenvalue weighted by Gasteiger charge is 2.33. The first-order valence-electron chi connectivity index (χ1n) is 28.0. The zero-order chi connectivity index (χ0) is 61.9. The van der Waals surface area contributed by atoms with Crippen LogP contribution in [0.5, 0.6) is 0 Å². The molecule has 5 atom stereocenters. The number of carboxylic acid groups (broad SMARTS) is 5. The van der Waals surface area contributed by atoms with Crippen molar-refractivity contribution >= 4 is 82.6 Å². The molecule has 1 aromatic carbocycles. The molecule has 1 aromatic rings. The first-order valence-corrected chi connectivity index (χ1v) is 28.0. The van der Waals surface area contributed by atoms with Crippen LogP contribution in [0, 0.1) is 30.6 Å². The fraction of sp³-hybridized carbons (Fsp3) is 0.643. The summed E-state index contributed by atoms with van der Waals surface area (Å²) < 4.78 is 10.8. The van der Waals surface area contributed by atoms with Gasteiger partial charge in [-0.2, -0.15) is 0 Å². The number of primary amides is 1. The largest absolute Gasteiger partial charge is 0.481 e. The number of carbonyl (C=O) groups excluding carboxylic acids is 9. The number of Topliss-reactive ketones (excluding diaryl/α,β-unsaturated/α-hetero) is 3. The molecule has 2 rings (SSSR count). The highest BCUT2D eigenvalue weighted by molar-refractivity contribution is 5.96. The fourth-order valence-corrected chi connectivity index (χ4v) is 9.10. The van der Waals surface area contributed by atoms with Gasteiger partial charge in [-0.25, -0.2) is 0 Å². The number of unbranched alkanes of at least 4 members (excludes halogenated alkanes) is 1. The van der Waals surface area contributed by atoms with Crippen LogP contribution in [-0.4, -0.2) is 166 Å². The number of ether oxygens (including phenoxy) is 2. The van der Waals surface area contributed by atoms with Gasteiger partial charge in [0.2, 0.25) is 29.5 Å². The normalized spacial score (nSPS) is 15.6. The van der Waals surface area contributed by atoms with Crippen LogP contribution in [0.3, 0.4) is 0 Å². The molecule has 27 heteroatoms. The maximum Gasteiger partial charge on any atom is 0.306 e. The van der Waals surface area contributed by atoms with Crippen molar-refractivity contribution in [2.24, 2.45) is 29.4 Å². The Labute approximate surface area is 480 Å². The predicted octanol–water partition coefficient (Wildman–Crippen LogP) is 2.00. The molecule has 0 spiro atoms. The van der Waals surface area contributed by atoms with Crippen LogP contribution in [0.1, 0.15) is 157 Å². The van der Waals surface area contributed by atoms with Crippen LogP contribution >= 0.6 is 0 Å². The van der Waals surface area contributed by atoms with Gasteiger partial charge in [-0.3, -0.25) is 67.1 Å². The number of amides is 6. The zero-order valence-corrected chi connectivity index (χ0v) is 47.0. The van der Waals surface area contributed by atoms with Gasteiger partial charge < -0.3 is 67.3 Å². The van der Waals surface area contributed by atoms with E-state index in [1.54, 1.807) is 12.1 Å². The molecule has 0 aromatic heterocycles. The Balaban J connectivity index is 1.90. The molecule has 0 saturated heterocycles. The molecule has 1 saturated carbocycles. The van der Waals surface area contributed by atoms with E-state index in [0.717, 1.165) is 5.56 Å². The molecule has 5 unspecified atom stereocenters. The lowest BCUT2D eigenvalue weighted by atomic mass is 9.78. The maximum atomic E-state index is 13.8. The summed E-state index contributed by atoms with van der Waals surface area (Å²) in [6, 6.07) is 3.14. The number of aliphatic carboxylic acids is 5. The van der Waals surface area contributed by atoms with E-state index in [1.807, 2.05) is 19.1 Å². The summed E-state index contributed by atoms with van der Waals surface area (Å²) in [4.78, 5) is 174. The molecule has 83 heavy (non-hydrogen) atoms. The third-order valence-corrected chi connectivity index (χ3v) is 14.0. The van der Waals surface area contributed by atoms with Crippen molar-refractivity contribution in [1.82, 2.24) is 26.6 Å². The first kappa shape index (κ1) is 71.4. The van der Waals surface area contributed by atoms with Gasteiger partial charge in [-0.05, 0) is 108 Å². The number of carbonyl (C=O) groups is 14. The molecule has 0 aliphatic heterocycles. The van der Waals surface area contributed by atoms with Crippen molar-refractivity contribution in [1.29, 1.82) is 0 Å². The Hall–Kier alpha value is -7.68. The van der Waals surface area contributed by atoms with E-state index in [1.165, 1.54) is 0 Å². The SMILES string of the molecule is Cc1ccc(C(=O)NCCCCC(NC(=O)COCCOCCCC(=O)C(CCC(=O)O)NC(=O)C(CCC(=O)O)CC(=O)C(CCC(=O)O)NC(=O)CCC(CC(=O)C2CCC(CNC(=O)CCCC(=O)O)CC2)C(=O)O)C(N)=O)cc1. The van der Waals surface area contributed by atoms with Crippen LogP contribution in [0.4, 0.5) is 0 Å². The van der Waals surface area contributed by atoms with E-state index >= 15 is 0 Å². The third-order valence-electron chi connectivity index (χ3n) is 14.0. The number of hydrogen-bond donors (Lipinski definition) is 11. The maximum absolute atomic E-state index is 13.8. The van der Waals surface area contributed by atoms with E-state index in [-0.39, 0.29) is 94.7 Å². The van der Waals surface area contributed by atoms with Gasteiger partial charge in [0.15, 0.2) is 11.6 Å². The molecule has 1 aliphatic carbocycles. The minimum Gasteiger partial charge on any atom is -0.481 e. The van der Waals surface area contributed by atoms with Crippen LogP contribution in [-0.2, 0) is 71.8 Å². The summed E-state index contributed by atoms with van der Waals surface area (Å²) in [5, 5.41) is 59.8. The molecule has 0 bridgehead atoms. The molecule has 0 radical (unpaired) electrons. The van der Waals surface area contributed by atoms with E-state index in [4.69, 9.17) is 20.3 Å². The molecular formula is C56H82N6O21. The minimum absolute atomic E-state index is 0.0163. The zero-order valence-electron chi connectivity index (χ0n) is 47.0. The van der Waals surface area contributed by atoms with Crippen molar-refractivity contribution in [3.63, 3.8) is 0 Å². The number of aryl methyl sites for hydroxylation is 1. The van der Waals surface area contributed by atoms with Gasteiger partial charge in [-0.15, -0.1) is 0 Å². The first-order chi connectivity index (χ1) is 39.3. The Kier molecular flexibility index (Phi) is 34.2. The summed E-state index contributed by atoms with van der Waals surface area (Å²) in [6.45, 7) is 2.06. The Morgan fingerprint density at radius 1 is 0.530 bits per heavy atom. The highest BCUT2D eigenvalue weighted by atomic mass is 16.5. The molecule has 12 N–H and O–H groups in total. The third kappa shape index (κ3) is 31.9. The smallest absolute Gasteiger partial charge is 0.306 e. The second-order valence-corrected chi connectivity index (χ2v) is 20.7. The van der Waals surface area contributed by atoms with Crippen LogP contribution in [0.25, 0.3) is 0 Å². The summed E-state index contributed by atoms with van der Waals surface area (Å²) in [5.74, 6) is -15.1. The summed E-state index contributed by atoms with van der Waals surface area (Å²) in [7, 11) is 0. The molecule has 462 valence electrons. The molecule has 1 aliphatic rings. The predicted molar refractivity (Wildman–Crippen MR) is 292 cm³/mol. The van der Waals surface area contributed by atoms with Gasteiger partial charge >= 0.3 is 29.8 Å². The van der Waals surface area contributed by atoms with Crippen molar-refractivity contribution < 1.29 is 102 Å². The number of ketones is 3. The number of benzene rings is 1. The number of nitrogens with two attached hydrogens (primary N) is 1. The van der Waals surface area contributed by atoms with E-state index < -0.39 is 159 Å². The van der Waals surface area contributed by atoms with Gasteiger partial charge in [0.25, 0.3) is 5.91 Å². The van der Waals surface area contributed by atoms with Gasteiger partial charge in [0, 0.05) is 94.9 Å². The van der Waals surface area contributed by atoms with Crippen molar-refractivity contribution in [3.05, 3.63) is 35.4 Å². The molecule has 1 fully saturated rings. The standard InChI is InChI=1S/C56H82N6O21/c1-34-10-14-37(15-11-34)54(78)58-26-3-2-6-42(53(57)77)61-48(68)33-83-29-28-82-27-5-7-43(63)40(20-24-51(73)74)62-55(79)38(19-23-50(71)72)30-45(65)41(21-25-52(75)76)60-47(67)22-18-39(56(80)81)31-44(64)36-16-12-35(13-17-36)32-59-46(66)8-4-9-49(69)70/h10-11,14-15,35-36,38-42H,2-9,12-13,16-33H2,1H3,(H2,57,77)(H,58,78)(H,59,66)(H,60,67)(H,61,68)(H,62,79)(H,69,70)(H,71,72)(H,73,74)(H,75,76)(H,80,81). The van der Waals surface area contributed by atoms with Crippen molar-refractivity contribution in [3.8, 4) is 0 Å². The van der Waals surface area contributed by atoms with Crippen LogP contribution in [0.2, 0.25) is 0 Å². The molecular weight excluding hydrogens is 1090 g/mol. The Morgan fingerprint density at radius 3 is 1.71 bits per heavy atom. The van der Waals surface area contributed by atoms with Crippen LogP contribution < -0.4 is 32.3 Å². The van der Waals surface area contributed by atoms with Gasteiger partial charge in [0.05, 0.1) is 31.2 Å². The van der Waals surface area contributed by atoms with E-state index in [0.29, 0.717) is 57.2 Å². The molecule has 0 heterocycles. The summed E-state index contributed by atoms with van der Waals surface area (Å²) >= 11 is 0. The average molecular weight is 1180 g/mol. The number of rotatable bonds is 46. The quantitative estimate of drug-likeness (QED) is 0.0416. The molecule has 6 amide bonds. The number of hydrogen-bond acceptors (Lipinski definition) is 16. The number of nitrogens with one attached hydrogen (secondary N) is 5. The highest BCUT2D eigenvalue weighted by Crippen LogP contribution is 2.31. The lowest BCUT2D eigenvalue weighted by molar-refractivity contribution is -0.145.